The van der Waals surface area contributed by atoms with Crippen LogP contribution in [0.5, 0.6) is 0 Å². The van der Waals surface area contributed by atoms with Crippen molar-refractivity contribution in [3.05, 3.63) is 33.4 Å². The first-order valence-electron chi connectivity index (χ1n) is 7.86. The van der Waals surface area contributed by atoms with Crippen LogP contribution >= 0.6 is 23.2 Å². The minimum Gasteiger partial charge on any atom is -0.463 e. The van der Waals surface area contributed by atoms with Gasteiger partial charge in [-0.25, -0.2) is 0 Å². The number of fused-ring (bicyclic) bond motifs is 1. The van der Waals surface area contributed by atoms with E-state index in [-0.39, 0.29) is 11.6 Å². The Morgan fingerprint density at radius 1 is 1.31 bits per heavy atom. The van der Waals surface area contributed by atoms with Crippen molar-refractivity contribution in [2.24, 2.45) is 0 Å². The van der Waals surface area contributed by atoms with E-state index in [0.29, 0.717) is 33.5 Å². The summed E-state index contributed by atoms with van der Waals surface area (Å²) in [5.41, 5.74) is 1.44. The topological polar surface area (TPSA) is 98.0 Å². The molecule has 0 spiro atoms. The molecule has 3 rings (SSSR count). The van der Waals surface area contributed by atoms with Crippen LogP contribution in [-0.2, 0) is 14.3 Å². The highest BCUT2D eigenvalue weighted by Gasteiger charge is 2.45. The van der Waals surface area contributed by atoms with Gasteiger partial charge < -0.3 is 24.3 Å². The van der Waals surface area contributed by atoms with Crippen LogP contribution in [0.4, 0.5) is 0 Å². The van der Waals surface area contributed by atoms with E-state index in [9.17, 15) is 19.8 Å². The molecular weight excluding hydrogens is 385 g/mol. The quantitative estimate of drug-likeness (QED) is 0.602. The highest BCUT2D eigenvalue weighted by molar-refractivity contribution is 6.42. The number of carbonyl (C=O) groups is 2. The Labute approximate surface area is 159 Å². The predicted molar refractivity (Wildman–Crippen MR) is 94.6 cm³/mol. The number of ether oxygens (including phenoxy) is 2. The van der Waals surface area contributed by atoms with E-state index in [2.05, 4.69) is 0 Å². The summed E-state index contributed by atoms with van der Waals surface area (Å²) in [7, 11) is 0. The molecule has 7 nitrogen and oxygen atoms in total. The first kappa shape index (κ1) is 19.1. The van der Waals surface area contributed by atoms with E-state index >= 15 is 0 Å². The molecule has 4 unspecified atom stereocenters. The smallest absolute Gasteiger partial charge is 0.302 e. The van der Waals surface area contributed by atoms with Gasteiger partial charge in [-0.1, -0.05) is 23.2 Å². The molecule has 2 N–H and O–H groups in total. The van der Waals surface area contributed by atoms with E-state index in [4.69, 9.17) is 32.7 Å². The Kier molecular flexibility index (Phi) is 5.28. The predicted octanol–water partition coefficient (Wildman–Crippen LogP) is 2.25. The number of aliphatic hydroxyl groups is 2. The Morgan fingerprint density at radius 2 is 1.96 bits per heavy atom. The van der Waals surface area contributed by atoms with E-state index in [0.717, 1.165) is 0 Å². The third-order valence-corrected chi connectivity index (χ3v) is 5.22. The number of esters is 1. The van der Waals surface area contributed by atoms with Gasteiger partial charge in [0.2, 0.25) is 0 Å². The summed E-state index contributed by atoms with van der Waals surface area (Å²) in [5.74, 6) is -0.522. The minimum absolute atomic E-state index is 0.199. The van der Waals surface area contributed by atoms with Crippen LogP contribution in [0.15, 0.2) is 12.1 Å². The monoisotopic (exact) mass is 401 g/mol. The molecule has 4 atom stereocenters. The van der Waals surface area contributed by atoms with Gasteiger partial charge in [-0.2, -0.15) is 0 Å². The summed E-state index contributed by atoms with van der Waals surface area (Å²) >= 11 is 12.2. The maximum absolute atomic E-state index is 11.6. The molecule has 1 aliphatic rings. The zero-order valence-corrected chi connectivity index (χ0v) is 15.5. The van der Waals surface area contributed by atoms with E-state index < -0.39 is 30.5 Å². The summed E-state index contributed by atoms with van der Waals surface area (Å²) in [5, 5.41) is 21.8. The number of aliphatic hydroxyl groups excluding tert-OH is 2. The second-order valence-electron chi connectivity index (χ2n) is 6.12. The minimum atomic E-state index is -1.29. The number of carbonyl (C=O) groups excluding carboxylic acids is 2. The van der Waals surface area contributed by atoms with Gasteiger partial charge in [-0.15, -0.1) is 0 Å². The largest absolute Gasteiger partial charge is 0.463 e. The molecule has 1 aromatic heterocycles. The van der Waals surface area contributed by atoms with Gasteiger partial charge in [0.15, 0.2) is 12.5 Å². The van der Waals surface area contributed by atoms with Crippen LogP contribution in [0, 0.1) is 6.92 Å². The zero-order chi connectivity index (χ0) is 19.2. The lowest BCUT2D eigenvalue weighted by Gasteiger charge is -2.20. The molecule has 0 bridgehead atoms. The number of benzene rings is 1. The molecule has 1 saturated heterocycles. The molecule has 1 aromatic carbocycles. The Bertz CT molecular complexity index is 880. The van der Waals surface area contributed by atoms with Crippen molar-refractivity contribution in [1.29, 1.82) is 0 Å². The maximum Gasteiger partial charge on any atom is 0.302 e. The Morgan fingerprint density at radius 3 is 2.58 bits per heavy atom. The lowest BCUT2D eigenvalue weighted by molar-refractivity contribution is -0.147. The molecular formula is C17H17Cl2NO6. The van der Waals surface area contributed by atoms with E-state index in [1.54, 1.807) is 23.6 Å². The molecule has 1 fully saturated rings. The lowest BCUT2D eigenvalue weighted by atomic mass is 10.1. The molecule has 140 valence electrons. The summed E-state index contributed by atoms with van der Waals surface area (Å²) in [6, 6.07) is 3.14. The normalized spacial score (nSPS) is 25.6. The van der Waals surface area contributed by atoms with Crippen molar-refractivity contribution >= 4 is 46.4 Å². The number of aldehydes is 1. The standard InChI is InChI=1S/C17H17Cl2NO6/c1-7-10(5-21)9-3-11(18)12(19)4-13(9)20(7)17-16(24)15(23)14(26-17)6-25-8(2)22/h3-5,14-17,23-24H,6H2,1-2H3. The van der Waals surface area contributed by atoms with Crippen LogP contribution in [-0.4, -0.2) is 52.0 Å². The summed E-state index contributed by atoms with van der Waals surface area (Å²) in [4.78, 5) is 22.5. The molecule has 2 heterocycles. The van der Waals surface area contributed by atoms with Crippen LogP contribution in [0.25, 0.3) is 10.9 Å². The van der Waals surface area contributed by atoms with Crippen LogP contribution < -0.4 is 0 Å². The molecule has 0 amide bonds. The first-order valence-corrected chi connectivity index (χ1v) is 8.61. The van der Waals surface area contributed by atoms with Gasteiger partial charge in [0.05, 0.1) is 15.6 Å². The molecule has 9 heteroatoms. The van der Waals surface area contributed by atoms with Crippen molar-refractivity contribution in [2.75, 3.05) is 6.61 Å². The third kappa shape index (κ3) is 3.10. The molecule has 0 radical (unpaired) electrons. The molecule has 1 aliphatic heterocycles. The Hall–Kier alpha value is -1.64. The average molecular weight is 402 g/mol. The van der Waals surface area contributed by atoms with Gasteiger partial charge in [0, 0.05) is 23.6 Å². The van der Waals surface area contributed by atoms with Crippen molar-refractivity contribution in [3.63, 3.8) is 0 Å². The van der Waals surface area contributed by atoms with Crippen LogP contribution in [0.3, 0.4) is 0 Å². The van der Waals surface area contributed by atoms with Gasteiger partial charge in [0.1, 0.15) is 24.9 Å². The van der Waals surface area contributed by atoms with Crippen molar-refractivity contribution in [1.82, 2.24) is 4.57 Å². The fourth-order valence-corrected chi connectivity index (χ4v) is 3.53. The number of halogens is 2. The van der Waals surface area contributed by atoms with Gasteiger partial charge in [0.25, 0.3) is 0 Å². The van der Waals surface area contributed by atoms with Gasteiger partial charge in [-0.3, -0.25) is 9.59 Å². The van der Waals surface area contributed by atoms with Gasteiger partial charge in [-0.05, 0) is 19.1 Å². The fourth-order valence-electron chi connectivity index (χ4n) is 3.21. The SMILES string of the molecule is CC(=O)OCC1OC(n2c(C)c(C=O)c3cc(Cl)c(Cl)cc32)C(O)C1O. The van der Waals surface area contributed by atoms with Crippen LogP contribution in [0.2, 0.25) is 10.0 Å². The summed E-state index contributed by atoms with van der Waals surface area (Å²) < 4.78 is 12.2. The number of nitrogens with zero attached hydrogens (tertiary/aromatic N) is 1. The molecule has 0 aliphatic carbocycles. The van der Waals surface area contributed by atoms with Gasteiger partial charge >= 0.3 is 5.97 Å². The lowest BCUT2D eigenvalue weighted by Crippen LogP contribution is -2.34. The molecule has 2 aromatic rings. The number of rotatable bonds is 4. The molecule has 0 saturated carbocycles. The summed E-state index contributed by atoms with van der Waals surface area (Å²) in [6.07, 6.45) is -3.76. The second-order valence-corrected chi connectivity index (χ2v) is 6.93. The highest BCUT2D eigenvalue weighted by Crippen LogP contribution is 2.38. The van der Waals surface area contributed by atoms with E-state index in [1.807, 2.05) is 0 Å². The first-order chi connectivity index (χ1) is 12.3. The van der Waals surface area contributed by atoms with Crippen molar-refractivity contribution in [3.8, 4) is 0 Å². The molecule has 26 heavy (non-hydrogen) atoms. The Balaban J connectivity index is 2.07. The van der Waals surface area contributed by atoms with Crippen molar-refractivity contribution in [2.45, 2.75) is 38.4 Å². The third-order valence-electron chi connectivity index (χ3n) is 4.50. The summed E-state index contributed by atoms with van der Waals surface area (Å²) in [6.45, 7) is 2.73. The maximum atomic E-state index is 11.6. The van der Waals surface area contributed by atoms with E-state index in [1.165, 1.54) is 6.92 Å². The highest BCUT2D eigenvalue weighted by atomic mass is 35.5. The average Bonchev–Trinajstić information content (AvgIpc) is 3.00. The van der Waals surface area contributed by atoms with Crippen LogP contribution in [0.1, 0.15) is 29.2 Å². The zero-order valence-electron chi connectivity index (χ0n) is 14.0. The van der Waals surface area contributed by atoms with Crippen molar-refractivity contribution < 1.29 is 29.3 Å². The number of hydrogen-bond acceptors (Lipinski definition) is 6. The fraction of sp³-hybridized carbons (Fsp3) is 0.412. The second kappa shape index (κ2) is 7.17. The number of hydrogen-bond donors (Lipinski definition) is 2. The number of aromatic nitrogens is 1.